The summed E-state index contributed by atoms with van der Waals surface area (Å²) in [6.07, 6.45) is -2.59. The van der Waals surface area contributed by atoms with Crippen LogP contribution in [0.1, 0.15) is 110 Å². The van der Waals surface area contributed by atoms with Crippen molar-refractivity contribution in [3.8, 4) is 0 Å². The lowest BCUT2D eigenvalue weighted by Crippen LogP contribution is -2.27. The molecule has 34 heavy (non-hydrogen) atoms. The number of rotatable bonds is 5. The molecule has 0 aliphatic heterocycles. The largest absolute Gasteiger partial charge is 0.333 e. The Morgan fingerprint density at radius 1 is 0.735 bits per heavy atom. The Morgan fingerprint density at radius 3 is 1.47 bits per heavy atom. The van der Waals surface area contributed by atoms with Crippen LogP contribution in [0, 0.1) is 20.8 Å². The first-order chi connectivity index (χ1) is 15.2. The van der Waals surface area contributed by atoms with Crippen LogP contribution in [-0.4, -0.2) is 6.10 Å². The van der Waals surface area contributed by atoms with Gasteiger partial charge in [0, 0.05) is 11.0 Å². The highest BCUT2D eigenvalue weighted by Crippen LogP contribution is 2.53. The summed E-state index contributed by atoms with van der Waals surface area (Å²) in [6.45, 7) is 31.3. The highest BCUT2D eigenvalue weighted by molar-refractivity contribution is 8.16. The average Bonchev–Trinajstić information content (AvgIpc) is 2.56. The summed E-state index contributed by atoms with van der Waals surface area (Å²) in [5.41, 5.74) is 8.71. The van der Waals surface area contributed by atoms with Gasteiger partial charge in [0.1, 0.15) is 0 Å². The summed E-state index contributed by atoms with van der Waals surface area (Å²) >= 11 is 6.49. The first-order valence-electron chi connectivity index (χ1n) is 12.5. The van der Waals surface area contributed by atoms with Gasteiger partial charge >= 0.3 is 0 Å². The molecule has 0 aliphatic rings. The van der Waals surface area contributed by atoms with E-state index >= 15 is 0 Å². The third-order valence-electron chi connectivity index (χ3n) is 6.17. The molecule has 0 bridgehead atoms. The van der Waals surface area contributed by atoms with Crippen molar-refractivity contribution >= 4 is 29.2 Å². The minimum absolute atomic E-state index is 0.0171. The number of anilines is 1. The van der Waals surface area contributed by atoms with Crippen molar-refractivity contribution < 1.29 is 4.52 Å². The van der Waals surface area contributed by atoms with E-state index in [0.29, 0.717) is 0 Å². The molecule has 1 atom stereocenters. The first-order valence-corrected chi connectivity index (χ1v) is 15.2. The molecule has 0 spiro atoms. The second-order valence-corrected chi connectivity index (χ2v) is 16.8. The van der Waals surface area contributed by atoms with Crippen molar-refractivity contribution in [2.24, 2.45) is 0 Å². The number of nitrogens with one attached hydrogen (secondary N) is 1. The molecule has 2 aromatic rings. The molecule has 0 unspecified atom stereocenters. The Labute approximate surface area is 215 Å². The molecular weight excluding hydrogens is 453 g/mol. The number of hydrogen-bond donors (Lipinski definition) is 1. The van der Waals surface area contributed by atoms with Gasteiger partial charge < -0.3 is 9.61 Å². The maximum Gasteiger partial charge on any atom is 0.184 e. The van der Waals surface area contributed by atoms with Crippen molar-refractivity contribution in [2.75, 3.05) is 5.09 Å². The summed E-state index contributed by atoms with van der Waals surface area (Å²) in [5.74, 6) is 0. The van der Waals surface area contributed by atoms with E-state index in [1.807, 2.05) is 0 Å². The topological polar surface area (TPSA) is 21.3 Å². The van der Waals surface area contributed by atoms with E-state index in [9.17, 15) is 0 Å². The molecule has 0 amide bonds. The number of benzene rings is 2. The fraction of sp³-hybridized carbons (Fsp3) is 0.600. The molecule has 0 saturated carbocycles. The lowest BCUT2D eigenvalue weighted by molar-refractivity contribution is 0.274. The summed E-state index contributed by atoms with van der Waals surface area (Å²) < 4.78 is 6.68. The molecule has 0 aromatic heterocycles. The monoisotopic (exact) mass is 501 g/mol. The van der Waals surface area contributed by atoms with Crippen LogP contribution in [0.15, 0.2) is 24.3 Å². The Balaban J connectivity index is 2.96. The molecule has 1 N–H and O–H groups in total. The summed E-state index contributed by atoms with van der Waals surface area (Å²) in [7, 11) is 0. The molecule has 2 rings (SSSR count). The van der Waals surface area contributed by atoms with Crippen molar-refractivity contribution in [3.05, 3.63) is 57.6 Å². The van der Waals surface area contributed by atoms with Gasteiger partial charge in [-0.05, 0) is 90.5 Å². The zero-order valence-electron chi connectivity index (χ0n) is 24.2. The number of hydrogen-bond acceptors (Lipinski definition) is 2. The van der Waals surface area contributed by atoms with Crippen LogP contribution < -0.4 is 10.4 Å². The Bertz CT molecular complexity index is 1040. The van der Waals surface area contributed by atoms with Crippen LogP contribution in [0.25, 0.3) is 0 Å². The van der Waals surface area contributed by atoms with E-state index in [0.717, 1.165) is 11.0 Å². The number of aryl methyl sites for hydroxylation is 3. The van der Waals surface area contributed by atoms with Crippen molar-refractivity contribution in [2.45, 2.75) is 119 Å². The molecule has 190 valence electrons. The molecule has 0 radical (unpaired) electrons. The fourth-order valence-corrected chi connectivity index (χ4v) is 8.71. The SMILES string of the molecule is Cc1cc(C)c([P@@](=S)(Nc2c(C(C)(C)C)cc(C(C)(C)C)cc2C(C)(C)C)OC(C)C)c(C)c1. The average molecular weight is 502 g/mol. The van der Waals surface area contributed by atoms with E-state index in [1.54, 1.807) is 0 Å². The first kappa shape index (κ1) is 29.1. The maximum absolute atomic E-state index is 6.68. The minimum Gasteiger partial charge on any atom is -0.333 e. The Hall–Kier alpha value is -1.15. The third-order valence-corrected chi connectivity index (χ3v) is 9.78. The minimum atomic E-state index is -2.61. The molecule has 2 nitrogen and oxygen atoms in total. The summed E-state index contributed by atoms with van der Waals surface area (Å²) in [4.78, 5) is 0. The van der Waals surface area contributed by atoms with Crippen LogP contribution >= 0.6 is 6.42 Å². The van der Waals surface area contributed by atoms with E-state index in [4.69, 9.17) is 16.3 Å². The standard InChI is InChI=1S/C30H48NOPS/c1-19(2)32-33(34,27-21(4)15-20(3)16-22(27)5)31-26-24(29(9,10)11)17-23(28(6,7)8)18-25(26)30(12,13)14/h15-19H,1-14H3,(H,31,34)/t33-/m1/s1. The fourth-order valence-electron chi connectivity index (χ4n) is 4.59. The molecule has 0 aliphatic carbocycles. The predicted molar refractivity (Wildman–Crippen MR) is 157 cm³/mol. The van der Waals surface area contributed by atoms with Gasteiger partial charge in [-0.1, -0.05) is 92.1 Å². The highest BCUT2D eigenvalue weighted by Gasteiger charge is 2.34. The van der Waals surface area contributed by atoms with E-state index in [-0.39, 0.29) is 22.3 Å². The van der Waals surface area contributed by atoms with Crippen LogP contribution in [0.4, 0.5) is 5.69 Å². The van der Waals surface area contributed by atoms with Crippen LogP contribution in [0.5, 0.6) is 0 Å². The van der Waals surface area contributed by atoms with Crippen molar-refractivity contribution in [1.29, 1.82) is 0 Å². The van der Waals surface area contributed by atoms with Gasteiger partial charge in [0.15, 0.2) is 6.42 Å². The molecule has 0 saturated heterocycles. The zero-order valence-corrected chi connectivity index (χ0v) is 25.9. The molecule has 0 fully saturated rings. The predicted octanol–water partition coefficient (Wildman–Crippen LogP) is 8.98. The molecule has 0 heterocycles. The summed E-state index contributed by atoms with van der Waals surface area (Å²) in [5, 5.41) is 5.09. The van der Waals surface area contributed by atoms with Crippen molar-refractivity contribution in [3.63, 3.8) is 0 Å². The normalized spacial score (nSPS) is 14.9. The lowest BCUT2D eigenvalue weighted by atomic mass is 9.74. The second-order valence-electron chi connectivity index (χ2n) is 13.3. The van der Waals surface area contributed by atoms with Gasteiger partial charge in [-0.3, -0.25) is 0 Å². The summed E-state index contributed by atoms with van der Waals surface area (Å²) in [6, 6.07) is 9.24. The van der Waals surface area contributed by atoms with Crippen LogP contribution in [-0.2, 0) is 32.6 Å². The zero-order chi connectivity index (χ0) is 26.4. The van der Waals surface area contributed by atoms with Gasteiger partial charge in [0.2, 0.25) is 0 Å². The lowest BCUT2D eigenvalue weighted by Gasteiger charge is -2.37. The molecular formula is C30H48NOPS. The smallest absolute Gasteiger partial charge is 0.184 e. The second kappa shape index (κ2) is 9.72. The Morgan fingerprint density at radius 2 is 1.15 bits per heavy atom. The van der Waals surface area contributed by atoms with Gasteiger partial charge in [0.05, 0.1) is 6.10 Å². The van der Waals surface area contributed by atoms with Crippen LogP contribution in [0.2, 0.25) is 0 Å². The molecule has 2 aromatic carbocycles. The van der Waals surface area contributed by atoms with Gasteiger partial charge in [0.25, 0.3) is 0 Å². The van der Waals surface area contributed by atoms with Crippen molar-refractivity contribution in [1.82, 2.24) is 0 Å². The van der Waals surface area contributed by atoms with Gasteiger partial charge in [-0.2, -0.15) is 0 Å². The molecule has 4 heteroatoms. The third kappa shape index (κ3) is 6.54. The van der Waals surface area contributed by atoms with E-state index in [2.05, 4.69) is 126 Å². The van der Waals surface area contributed by atoms with Crippen LogP contribution in [0.3, 0.4) is 0 Å². The quantitative estimate of drug-likeness (QED) is 0.413. The van der Waals surface area contributed by atoms with Gasteiger partial charge in [-0.15, -0.1) is 0 Å². The highest BCUT2D eigenvalue weighted by atomic mass is 32.4. The van der Waals surface area contributed by atoms with E-state index in [1.165, 1.54) is 33.4 Å². The van der Waals surface area contributed by atoms with Gasteiger partial charge in [-0.25, -0.2) is 0 Å². The van der Waals surface area contributed by atoms with E-state index < -0.39 is 6.42 Å². The Kier molecular flexibility index (Phi) is 8.31. The maximum atomic E-state index is 6.68.